The van der Waals surface area contributed by atoms with Crippen LogP contribution in [-0.2, 0) is 0 Å². The van der Waals surface area contributed by atoms with Crippen LogP contribution < -0.4 is 10.6 Å². The zero-order valence-electron chi connectivity index (χ0n) is 11.1. The average molecular weight is 391 g/mol. The van der Waals surface area contributed by atoms with Gasteiger partial charge in [-0.3, -0.25) is 4.99 Å². The summed E-state index contributed by atoms with van der Waals surface area (Å²) in [7, 11) is 0. The van der Waals surface area contributed by atoms with Crippen LogP contribution in [0, 0.1) is 0 Å². The van der Waals surface area contributed by atoms with Crippen LogP contribution in [-0.4, -0.2) is 49.6 Å². The predicted molar refractivity (Wildman–Crippen MR) is 95.4 cm³/mol. The minimum absolute atomic E-state index is 0. The molecule has 3 nitrogen and oxygen atoms in total. The smallest absolute Gasteiger partial charge is 0.191 e. The van der Waals surface area contributed by atoms with Crippen molar-refractivity contribution < 1.29 is 0 Å². The van der Waals surface area contributed by atoms with Gasteiger partial charge in [-0.1, -0.05) is 0 Å². The molecular formula is C11H26IN3S2. The van der Waals surface area contributed by atoms with Gasteiger partial charge in [-0.2, -0.15) is 23.5 Å². The predicted octanol–water partition coefficient (Wildman–Crippen LogP) is 2.67. The molecule has 0 aliphatic rings. The van der Waals surface area contributed by atoms with Crippen LogP contribution in [0.25, 0.3) is 0 Å². The minimum atomic E-state index is 0. The summed E-state index contributed by atoms with van der Waals surface area (Å²) in [4.78, 5) is 4.53. The first-order valence-corrected chi connectivity index (χ1v) is 8.64. The van der Waals surface area contributed by atoms with Crippen LogP contribution in [0.3, 0.4) is 0 Å². The van der Waals surface area contributed by atoms with Crippen molar-refractivity contribution in [1.29, 1.82) is 0 Å². The molecular weight excluding hydrogens is 365 g/mol. The Kier molecular flexibility index (Phi) is 19.7. The van der Waals surface area contributed by atoms with Gasteiger partial charge in [0.25, 0.3) is 0 Å². The molecule has 2 N–H and O–H groups in total. The maximum atomic E-state index is 4.53. The van der Waals surface area contributed by atoms with Gasteiger partial charge in [-0.15, -0.1) is 24.0 Å². The molecule has 0 bridgehead atoms. The van der Waals surface area contributed by atoms with Crippen molar-refractivity contribution in [1.82, 2.24) is 10.6 Å². The van der Waals surface area contributed by atoms with Crippen LogP contribution >= 0.6 is 47.5 Å². The second-order valence-corrected chi connectivity index (χ2v) is 5.35. The zero-order chi connectivity index (χ0) is 12.1. The Morgan fingerprint density at radius 3 is 2.35 bits per heavy atom. The van der Waals surface area contributed by atoms with Gasteiger partial charge in [0.2, 0.25) is 0 Å². The highest BCUT2D eigenvalue weighted by molar-refractivity contribution is 14.0. The van der Waals surface area contributed by atoms with Gasteiger partial charge in [0.05, 0.1) is 0 Å². The molecule has 0 amide bonds. The fraction of sp³-hybridized carbons (Fsp3) is 0.909. The quantitative estimate of drug-likeness (QED) is 0.274. The van der Waals surface area contributed by atoms with Crippen LogP contribution in [0.4, 0.5) is 0 Å². The highest BCUT2D eigenvalue weighted by Crippen LogP contribution is 1.98. The van der Waals surface area contributed by atoms with E-state index in [1.807, 2.05) is 23.5 Å². The van der Waals surface area contributed by atoms with E-state index in [9.17, 15) is 0 Å². The molecule has 0 heterocycles. The third-order valence-electron chi connectivity index (χ3n) is 1.97. The van der Waals surface area contributed by atoms with Crippen molar-refractivity contribution in [2.24, 2.45) is 4.99 Å². The van der Waals surface area contributed by atoms with Crippen molar-refractivity contribution in [3.8, 4) is 0 Å². The number of hydrogen-bond donors (Lipinski definition) is 2. The van der Waals surface area contributed by atoms with E-state index in [1.54, 1.807) is 0 Å². The molecule has 0 atom stereocenters. The minimum Gasteiger partial charge on any atom is -0.357 e. The zero-order valence-corrected chi connectivity index (χ0v) is 15.1. The standard InChI is InChI=1S/C11H25N3S2.HI/c1-4-12-11(14-8-10-16-3)13-7-5-6-9-15-2;/h4-10H2,1-3H3,(H2,12,13,14);1H. The fourth-order valence-corrected chi connectivity index (χ4v) is 1.96. The Balaban J connectivity index is 0. The van der Waals surface area contributed by atoms with Crippen LogP contribution in [0.15, 0.2) is 4.99 Å². The van der Waals surface area contributed by atoms with Crippen molar-refractivity contribution in [3.63, 3.8) is 0 Å². The first kappa shape index (κ1) is 20.0. The summed E-state index contributed by atoms with van der Waals surface area (Å²) in [5.74, 6) is 3.32. The number of nitrogens with one attached hydrogen (secondary N) is 2. The Bertz CT molecular complexity index is 180. The number of halogens is 1. The van der Waals surface area contributed by atoms with Gasteiger partial charge in [-0.05, 0) is 38.0 Å². The van der Waals surface area contributed by atoms with Crippen molar-refractivity contribution in [3.05, 3.63) is 0 Å². The van der Waals surface area contributed by atoms with E-state index in [4.69, 9.17) is 0 Å². The highest BCUT2D eigenvalue weighted by atomic mass is 127. The molecule has 0 radical (unpaired) electrons. The average Bonchev–Trinajstić information content (AvgIpc) is 2.29. The normalized spacial score (nSPS) is 10.9. The molecule has 0 spiro atoms. The first-order chi connectivity index (χ1) is 7.85. The highest BCUT2D eigenvalue weighted by Gasteiger charge is 1.95. The van der Waals surface area contributed by atoms with E-state index >= 15 is 0 Å². The molecule has 0 saturated heterocycles. The van der Waals surface area contributed by atoms with Crippen molar-refractivity contribution >= 4 is 53.5 Å². The number of nitrogens with zero attached hydrogens (tertiary/aromatic N) is 1. The van der Waals surface area contributed by atoms with E-state index in [0.717, 1.165) is 31.3 Å². The second-order valence-electron chi connectivity index (χ2n) is 3.38. The molecule has 0 aromatic carbocycles. The molecule has 0 aliphatic carbocycles. The second kappa shape index (κ2) is 16.7. The largest absolute Gasteiger partial charge is 0.357 e. The number of hydrogen-bond acceptors (Lipinski definition) is 3. The van der Waals surface area contributed by atoms with Crippen LogP contribution in [0.2, 0.25) is 0 Å². The Morgan fingerprint density at radius 2 is 1.76 bits per heavy atom. The van der Waals surface area contributed by atoms with Gasteiger partial charge in [0.15, 0.2) is 5.96 Å². The van der Waals surface area contributed by atoms with E-state index < -0.39 is 0 Å². The number of aliphatic imine (C=N–C) groups is 1. The molecule has 0 aliphatic heterocycles. The molecule has 6 heteroatoms. The molecule has 0 rings (SSSR count). The SMILES string of the molecule is CCNC(=NCCCCSC)NCCSC.I. The summed E-state index contributed by atoms with van der Waals surface area (Å²) in [6, 6.07) is 0. The van der Waals surface area contributed by atoms with Gasteiger partial charge in [0.1, 0.15) is 0 Å². The maximum absolute atomic E-state index is 4.53. The topological polar surface area (TPSA) is 36.4 Å². The summed E-state index contributed by atoms with van der Waals surface area (Å²) in [5.41, 5.74) is 0. The van der Waals surface area contributed by atoms with E-state index in [0.29, 0.717) is 0 Å². The van der Waals surface area contributed by atoms with Crippen LogP contribution in [0.5, 0.6) is 0 Å². The lowest BCUT2D eigenvalue weighted by molar-refractivity contribution is 0.786. The molecule has 17 heavy (non-hydrogen) atoms. The summed E-state index contributed by atoms with van der Waals surface area (Å²) in [6.45, 7) is 4.93. The number of thioether (sulfide) groups is 2. The number of rotatable bonds is 9. The van der Waals surface area contributed by atoms with Crippen molar-refractivity contribution in [2.75, 3.05) is 43.7 Å². The van der Waals surface area contributed by atoms with Gasteiger partial charge < -0.3 is 10.6 Å². The molecule has 0 aromatic heterocycles. The molecule has 0 aromatic rings. The lowest BCUT2D eigenvalue weighted by Crippen LogP contribution is -2.38. The molecule has 104 valence electrons. The number of guanidine groups is 1. The Hall–Kier alpha value is 0.700. The van der Waals surface area contributed by atoms with Gasteiger partial charge >= 0.3 is 0 Å². The Labute approximate surface area is 132 Å². The lowest BCUT2D eigenvalue weighted by atomic mass is 10.3. The van der Waals surface area contributed by atoms with Gasteiger partial charge in [0, 0.05) is 25.4 Å². The fourth-order valence-electron chi connectivity index (χ4n) is 1.16. The van der Waals surface area contributed by atoms with E-state index in [1.165, 1.54) is 18.6 Å². The summed E-state index contributed by atoms with van der Waals surface area (Å²) in [6.07, 6.45) is 6.71. The third kappa shape index (κ3) is 14.6. The molecule has 0 saturated carbocycles. The Morgan fingerprint density at radius 1 is 1.06 bits per heavy atom. The third-order valence-corrected chi connectivity index (χ3v) is 3.28. The van der Waals surface area contributed by atoms with Crippen LogP contribution in [0.1, 0.15) is 19.8 Å². The lowest BCUT2D eigenvalue weighted by Gasteiger charge is -2.10. The monoisotopic (exact) mass is 391 g/mol. The van der Waals surface area contributed by atoms with E-state index in [2.05, 4.69) is 35.1 Å². The summed E-state index contributed by atoms with van der Waals surface area (Å²) in [5, 5.41) is 6.58. The number of unbranched alkanes of at least 4 members (excludes halogenated alkanes) is 1. The van der Waals surface area contributed by atoms with Crippen molar-refractivity contribution in [2.45, 2.75) is 19.8 Å². The molecule has 0 fully saturated rings. The van der Waals surface area contributed by atoms with Gasteiger partial charge in [-0.25, -0.2) is 0 Å². The summed E-state index contributed by atoms with van der Waals surface area (Å²) < 4.78 is 0. The molecule has 0 unspecified atom stereocenters. The van der Waals surface area contributed by atoms with E-state index in [-0.39, 0.29) is 24.0 Å². The maximum Gasteiger partial charge on any atom is 0.191 e. The summed E-state index contributed by atoms with van der Waals surface area (Å²) >= 11 is 3.75. The first-order valence-electron chi connectivity index (χ1n) is 5.85.